The van der Waals surface area contributed by atoms with E-state index in [1.807, 2.05) is 0 Å². The van der Waals surface area contributed by atoms with Gasteiger partial charge in [0.25, 0.3) is 0 Å². The van der Waals surface area contributed by atoms with Gasteiger partial charge in [-0.25, -0.2) is 8.78 Å². The zero-order valence-electron chi connectivity index (χ0n) is 19.2. The number of benzene rings is 2. The second-order valence-electron chi connectivity index (χ2n) is 8.67. The molecule has 0 aliphatic rings. The average molecular weight is 452 g/mol. The molecule has 0 saturated heterocycles. The van der Waals surface area contributed by atoms with E-state index in [-0.39, 0.29) is 24.4 Å². The Bertz CT molecular complexity index is 934. The van der Waals surface area contributed by atoms with Crippen molar-refractivity contribution in [3.63, 3.8) is 0 Å². The fourth-order valence-electron chi connectivity index (χ4n) is 3.47. The van der Waals surface area contributed by atoms with Crippen LogP contribution in [-0.2, 0) is 20.9 Å². The first-order valence-electron chi connectivity index (χ1n) is 10.3. The first kappa shape index (κ1) is 25.3. The lowest BCUT2D eigenvalue weighted by molar-refractivity contribution is -0.143. The van der Waals surface area contributed by atoms with Crippen molar-refractivity contribution in [3.05, 3.63) is 58.2 Å². The maximum Gasteiger partial charge on any atom is 0.307 e. The van der Waals surface area contributed by atoms with Crippen molar-refractivity contribution in [3.8, 4) is 11.1 Å². The van der Waals surface area contributed by atoms with Crippen LogP contribution in [0.25, 0.3) is 11.1 Å². The van der Waals surface area contributed by atoms with E-state index in [0.29, 0.717) is 11.1 Å². The molecular formula is C24H31F2NO3S. The van der Waals surface area contributed by atoms with Crippen molar-refractivity contribution in [1.82, 2.24) is 4.72 Å². The third-order valence-electron chi connectivity index (χ3n) is 4.93. The molecule has 1 N–H and O–H groups in total. The molecule has 7 heteroatoms. The molecule has 0 heterocycles. The number of esters is 1. The van der Waals surface area contributed by atoms with E-state index < -0.39 is 33.9 Å². The Morgan fingerprint density at radius 2 is 1.68 bits per heavy atom. The molecule has 2 aromatic rings. The number of carbonyl (C=O) groups excluding carboxylic acids is 1. The molecule has 0 radical (unpaired) electrons. The van der Waals surface area contributed by atoms with Crippen LogP contribution in [0.2, 0.25) is 0 Å². The van der Waals surface area contributed by atoms with Crippen LogP contribution in [0.15, 0.2) is 24.3 Å². The number of ether oxygens (including phenoxy) is 1. The normalized spacial score (nSPS) is 13.7. The van der Waals surface area contributed by atoms with Crippen LogP contribution < -0.4 is 4.72 Å². The summed E-state index contributed by atoms with van der Waals surface area (Å²) in [4.78, 5) is 12.2. The molecule has 170 valence electrons. The number of aryl methyl sites for hydroxylation is 3. The van der Waals surface area contributed by atoms with Crippen LogP contribution in [0.1, 0.15) is 62.4 Å². The highest BCUT2D eigenvalue weighted by Crippen LogP contribution is 2.34. The minimum absolute atomic E-state index is 0.170. The molecule has 2 atom stereocenters. The standard InChI is InChI=1S/C24H31F2NO3S/c1-8-30-21(28)13-20(27-31(29)24(5,6)7)19-12-17(9-16(4)23(19)26)22-14(2)10-18(25)11-15(22)3/h9-12,20,27H,8,13H2,1-7H3. The lowest BCUT2D eigenvalue weighted by atomic mass is 9.90. The summed E-state index contributed by atoms with van der Waals surface area (Å²) in [5, 5.41) is 0. The largest absolute Gasteiger partial charge is 0.598 e. The van der Waals surface area contributed by atoms with Crippen molar-refractivity contribution < 1.29 is 22.9 Å². The SMILES string of the molecule is CCOC(=O)CC(N[S+]([O-])C(C)(C)C)c1cc(-c2c(C)cc(F)cc2C)cc(C)c1F. The Hall–Kier alpha value is -1.96. The van der Waals surface area contributed by atoms with E-state index in [4.69, 9.17) is 4.74 Å². The van der Waals surface area contributed by atoms with E-state index in [0.717, 1.165) is 16.7 Å². The highest BCUT2D eigenvalue weighted by Gasteiger charge is 2.33. The van der Waals surface area contributed by atoms with Gasteiger partial charge in [0.2, 0.25) is 0 Å². The monoisotopic (exact) mass is 451 g/mol. The highest BCUT2D eigenvalue weighted by atomic mass is 32.2. The van der Waals surface area contributed by atoms with Crippen molar-refractivity contribution in [2.24, 2.45) is 0 Å². The first-order valence-corrected chi connectivity index (χ1v) is 11.4. The third-order valence-corrected chi connectivity index (χ3v) is 6.54. The number of rotatable bonds is 7. The Morgan fingerprint density at radius 3 is 2.19 bits per heavy atom. The predicted octanol–water partition coefficient (Wildman–Crippen LogP) is 5.60. The van der Waals surface area contributed by atoms with Gasteiger partial charge in [-0.15, -0.1) is 4.72 Å². The van der Waals surface area contributed by atoms with Crippen molar-refractivity contribution in [2.45, 2.75) is 65.7 Å². The van der Waals surface area contributed by atoms with Crippen LogP contribution in [0.4, 0.5) is 8.78 Å². The van der Waals surface area contributed by atoms with E-state index in [9.17, 15) is 13.7 Å². The molecule has 31 heavy (non-hydrogen) atoms. The number of nitrogens with one attached hydrogen (secondary N) is 1. The van der Waals surface area contributed by atoms with E-state index >= 15 is 4.39 Å². The van der Waals surface area contributed by atoms with Gasteiger partial charge in [0.05, 0.1) is 19.1 Å². The van der Waals surface area contributed by atoms with Crippen LogP contribution in [-0.4, -0.2) is 21.9 Å². The lowest BCUT2D eigenvalue weighted by Crippen LogP contribution is -2.42. The summed E-state index contributed by atoms with van der Waals surface area (Å²) in [7, 11) is 0. The summed E-state index contributed by atoms with van der Waals surface area (Å²) in [5.74, 6) is -1.32. The molecule has 0 fully saturated rings. The molecule has 2 unspecified atom stereocenters. The van der Waals surface area contributed by atoms with Gasteiger partial charge in [0.15, 0.2) is 0 Å². The van der Waals surface area contributed by atoms with Crippen LogP contribution in [0.3, 0.4) is 0 Å². The molecule has 0 amide bonds. The number of hydrogen-bond acceptors (Lipinski definition) is 4. The summed E-state index contributed by atoms with van der Waals surface area (Å²) in [6.07, 6.45) is -0.170. The van der Waals surface area contributed by atoms with E-state index in [1.54, 1.807) is 60.6 Å². The van der Waals surface area contributed by atoms with Crippen molar-refractivity contribution in [1.29, 1.82) is 0 Å². The smallest absolute Gasteiger partial charge is 0.307 e. The molecule has 0 spiro atoms. The minimum atomic E-state index is -1.54. The van der Waals surface area contributed by atoms with Gasteiger partial charge in [0.1, 0.15) is 16.4 Å². The molecular weight excluding hydrogens is 420 g/mol. The van der Waals surface area contributed by atoms with Crippen LogP contribution in [0.5, 0.6) is 0 Å². The Balaban J connectivity index is 2.61. The first-order chi connectivity index (χ1) is 14.3. The Kier molecular flexibility index (Phi) is 8.25. The van der Waals surface area contributed by atoms with E-state index in [2.05, 4.69) is 4.72 Å². The number of hydrogen-bond donors (Lipinski definition) is 1. The summed E-state index contributed by atoms with van der Waals surface area (Å²) < 4.78 is 49.2. The van der Waals surface area contributed by atoms with Crippen LogP contribution in [0, 0.1) is 32.4 Å². The lowest BCUT2D eigenvalue weighted by Gasteiger charge is -2.28. The van der Waals surface area contributed by atoms with Gasteiger partial charge in [-0.3, -0.25) is 4.79 Å². The van der Waals surface area contributed by atoms with Crippen LogP contribution >= 0.6 is 0 Å². The van der Waals surface area contributed by atoms with Gasteiger partial charge >= 0.3 is 5.97 Å². The summed E-state index contributed by atoms with van der Waals surface area (Å²) in [6.45, 7) is 12.5. The van der Waals surface area contributed by atoms with Gasteiger partial charge in [-0.2, -0.15) is 0 Å². The second kappa shape index (κ2) is 10.1. The highest BCUT2D eigenvalue weighted by molar-refractivity contribution is 7.90. The van der Waals surface area contributed by atoms with E-state index in [1.165, 1.54) is 12.1 Å². The topological polar surface area (TPSA) is 61.4 Å². The molecule has 0 aromatic heterocycles. The fourth-order valence-corrected chi connectivity index (χ4v) is 4.29. The summed E-state index contributed by atoms with van der Waals surface area (Å²) >= 11 is -1.54. The summed E-state index contributed by atoms with van der Waals surface area (Å²) in [6, 6.07) is 5.37. The maximum atomic E-state index is 15.2. The Labute approximate surface area is 186 Å². The van der Waals surface area contributed by atoms with Crippen molar-refractivity contribution >= 4 is 17.3 Å². The quantitative estimate of drug-likeness (QED) is 0.439. The molecule has 0 saturated carbocycles. The minimum Gasteiger partial charge on any atom is -0.598 e. The second-order valence-corrected chi connectivity index (χ2v) is 10.7. The summed E-state index contributed by atoms with van der Waals surface area (Å²) in [5.41, 5.74) is 3.57. The third kappa shape index (κ3) is 6.28. The van der Waals surface area contributed by atoms with Gasteiger partial charge in [0, 0.05) is 16.9 Å². The molecule has 0 aliphatic heterocycles. The zero-order chi connectivity index (χ0) is 23.5. The predicted molar refractivity (Wildman–Crippen MR) is 121 cm³/mol. The fraction of sp³-hybridized carbons (Fsp3) is 0.458. The van der Waals surface area contributed by atoms with Gasteiger partial charge in [-0.1, -0.05) is 0 Å². The molecule has 0 aliphatic carbocycles. The maximum absolute atomic E-state index is 15.2. The number of carbonyl (C=O) groups is 1. The molecule has 0 bridgehead atoms. The van der Waals surface area contributed by atoms with Crippen molar-refractivity contribution in [2.75, 3.05) is 6.61 Å². The zero-order valence-corrected chi connectivity index (χ0v) is 20.0. The molecule has 2 rings (SSSR count). The Morgan fingerprint density at radius 1 is 1.10 bits per heavy atom. The molecule has 2 aromatic carbocycles. The average Bonchev–Trinajstić information content (AvgIpc) is 2.62. The number of halogens is 2. The molecule has 4 nitrogen and oxygen atoms in total. The van der Waals surface area contributed by atoms with Gasteiger partial charge in [-0.05, 0) is 101 Å². The van der Waals surface area contributed by atoms with Gasteiger partial charge < -0.3 is 9.29 Å².